The van der Waals surface area contributed by atoms with Gasteiger partial charge in [0.25, 0.3) is 0 Å². The van der Waals surface area contributed by atoms with Crippen molar-refractivity contribution in [2.24, 2.45) is 5.41 Å². The van der Waals surface area contributed by atoms with E-state index in [2.05, 4.69) is 15.9 Å². The Hall–Kier alpha value is -1.20. The Bertz CT molecular complexity index is 560. The van der Waals surface area contributed by atoms with Crippen LogP contribution in [0.25, 0.3) is 0 Å². The van der Waals surface area contributed by atoms with Crippen molar-refractivity contribution >= 4 is 27.7 Å². The Morgan fingerprint density at radius 3 is 2.71 bits per heavy atom. The number of aliphatic carboxylic acids is 1. The molecule has 0 amide bonds. The molecule has 1 aromatic carbocycles. The molecule has 0 bridgehead atoms. The first kappa shape index (κ1) is 16.2. The molecule has 4 nitrogen and oxygen atoms in total. The average Bonchev–Trinajstić information content (AvgIpc) is 2.45. The summed E-state index contributed by atoms with van der Waals surface area (Å²) in [5.74, 6) is -1.17. The molecule has 1 saturated heterocycles. The number of nitrogens with zero attached hydrogens (tertiary/aromatic N) is 1. The van der Waals surface area contributed by atoms with E-state index >= 15 is 0 Å². The van der Waals surface area contributed by atoms with Crippen LogP contribution in [0.15, 0.2) is 28.7 Å². The molecule has 1 fully saturated rings. The number of benzene rings is 1. The van der Waals surface area contributed by atoms with Crippen molar-refractivity contribution < 1.29 is 14.7 Å². The molecule has 0 saturated carbocycles. The zero-order valence-corrected chi connectivity index (χ0v) is 13.9. The van der Waals surface area contributed by atoms with Crippen LogP contribution in [0.2, 0.25) is 0 Å². The lowest BCUT2D eigenvalue weighted by Gasteiger charge is -2.44. The minimum Gasteiger partial charge on any atom is -0.480 e. The average molecular weight is 354 g/mol. The lowest BCUT2D eigenvalue weighted by atomic mass is 9.67. The first-order chi connectivity index (χ1) is 9.93. The summed E-state index contributed by atoms with van der Waals surface area (Å²) in [6.45, 7) is 2.57. The van der Waals surface area contributed by atoms with Crippen LogP contribution in [0.3, 0.4) is 0 Å². The first-order valence-corrected chi connectivity index (χ1v) is 7.93. The van der Waals surface area contributed by atoms with E-state index in [4.69, 9.17) is 0 Å². The SMILES string of the molecule is CCC1N(C)CCC(=O)C1(Cc1ccccc1Br)C(=O)O. The van der Waals surface area contributed by atoms with E-state index < -0.39 is 11.4 Å². The van der Waals surface area contributed by atoms with E-state index in [1.54, 1.807) is 0 Å². The lowest BCUT2D eigenvalue weighted by Crippen LogP contribution is -2.60. The number of hydrogen-bond donors (Lipinski definition) is 1. The first-order valence-electron chi connectivity index (χ1n) is 7.13. The van der Waals surface area contributed by atoms with Gasteiger partial charge in [-0.3, -0.25) is 9.59 Å². The van der Waals surface area contributed by atoms with Crippen LogP contribution in [0.4, 0.5) is 0 Å². The number of carbonyl (C=O) groups is 2. The molecular formula is C16H20BrNO3. The molecule has 0 aliphatic carbocycles. The monoisotopic (exact) mass is 353 g/mol. The molecule has 0 radical (unpaired) electrons. The molecule has 2 rings (SSSR count). The zero-order chi connectivity index (χ0) is 15.6. The highest BCUT2D eigenvalue weighted by molar-refractivity contribution is 9.10. The number of rotatable bonds is 4. The summed E-state index contributed by atoms with van der Waals surface area (Å²) in [4.78, 5) is 26.6. The summed E-state index contributed by atoms with van der Waals surface area (Å²) >= 11 is 3.46. The fourth-order valence-corrected chi connectivity index (χ4v) is 3.80. The van der Waals surface area contributed by atoms with Gasteiger partial charge in [-0.05, 0) is 31.5 Å². The second-order valence-electron chi connectivity index (χ2n) is 5.62. The number of halogens is 1. The Morgan fingerprint density at radius 2 is 2.14 bits per heavy atom. The molecule has 0 spiro atoms. The van der Waals surface area contributed by atoms with E-state index in [0.29, 0.717) is 19.4 Å². The molecule has 5 heteroatoms. The molecule has 0 aromatic heterocycles. The molecule has 114 valence electrons. The summed E-state index contributed by atoms with van der Waals surface area (Å²) in [7, 11) is 1.90. The Labute approximate surface area is 133 Å². The standard InChI is InChI=1S/C16H20BrNO3/c1-3-13-16(15(20)21,14(19)8-9-18(13)2)10-11-6-4-5-7-12(11)17/h4-7,13H,3,8-10H2,1-2H3,(H,20,21). The molecular weight excluding hydrogens is 334 g/mol. The van der Waals surface area contributed by atoms with Gasteiger partial charge in [-0.25, -0.2) is 0 Å². The highest BCUT2D eigenvalue weighted by Gasteiger charge is 2.54. The Kier molecular flexibility index (Phi) is 4.84. The smallest absolute Gasteiger partial charge is 0.319 e. The molecule has 1 aromatic rings. The van der Waals surface area contributed by atoms with Gasteiger partial charge in [0, 0.05) is 23.5 Å². The van der Waals surface area contributed by atoms with E-state index in [9.17, 15) is 14.7 Å². The number of likely N-dealkylation sites (tertiary alicyclic amines) is 1. The molecule has 1 N–H and O–H groups in total. The fraction of sp³-hybridized carbons (Fsp3) is 0.500. The van der Waals surface area contributed by atoms with Crippen molar-refractivity contribution in [1.29, 1.82) is 0 Å². The van der Waals surface area contributed by atoms with Gasteiger partial charge in [-0.2, -0.15) is 0 Å². The fourth-order valence-electron chi connectivity index (χ4n) is 3.37. The summed E-state index contributed by atoms with van der Waals surface area (Å²) < 4.78 is 0.849. The highest BCUT2D eigenvalue weighted by atomic mass is 79.9. The quantitative estimate of drug-likeness (QED) is 0.845. The van der Waals surface area contributed by atoms with Crippen LogP contribution in [0.5, 0.6) is 0 Å². The molecule has 2 atom stereocenters. The number of carbonyl (C=O) groups excluding carboxylic acids is 1. The highest BCUT2D eigenvalue weighted by Crippen LogP contribution is 2.39. The van der Waals surface area contributed by atoms with Crippen LogP contribution in [0, 0.1) is 5.41 Å². The summed E-state index contributed by atoms with van der Waals surface area (Å²) in [6, 6.07) is 7.23. The molecule has 2 unspecified atom stereocenters. The van der Waals surface area contributed by atoms with Gasteiger partial charge in [0.05, 0.1) is 0 Å². The third kappa shape index (κ3) is 2.77. The number of carboxylic acid groups (broad SMARTS) is 1. The van der Waals surface area contributed by atoms with E-state index in [1.807, 2.05) is 43.1 Å². The van der Waals surface area contributed by atoms with Crippen molar-refractivity contribution in [3.63, 3.8) is 0 Å². The predicted molar refractivity (Wildman–Crippen MR) is 84.2 cm³/mol. The van der Waals surface area contributed by atoms with Crippen molar-refractivity contribution in [3.05, 3.63) is 34.3 Å². The molecule has 21 heavy (non-hydrogen) atoms. The number of piperidine rings is 1. The van der Waals surface area contributed by atoms with Crippen LogP contribution in [-0.4, -0.2) is 41.4 Å². The second kappa shape index (κ2) is 6.28. The van der Waals surface area contributed by atoms with Crippen molar-refractivity contribution in [3.8, 4) is 0 Å². The largest absolute Gasteiger partial charge is 0.480 e. The van der Waals surface area contributed by atoms with Crippen LogP contribution >= 0.6 is 15.9 Å². The van der Waals surface area contributed by atoms with Gasteiger partial charge in [-0.1, -0.05) is 41.1 Å². The number of hydrogen-bond acceptors (Lipinski definition) is 3. The van der Waals surface area contributed by atoms with Gasteiger partial charge >= 0.3 is 5.97 Å². The van der Waals surface area contributed by atoms with E-state index in [0.717, 1.165) is 10.0 Å². The number of Topliss-reactive ketones (excluding diaryl/α,β-unsaturated/α-hetero) is 1. The third-order valence-electron chi connectivity index (χ3n) is 4.49. The maximum absolute atomic E-state index is 12.6. The maximum atomic E-state index is 12.6. The van der Waals surface area contributed by atoms with Crippen molar-refractivity contribution in [1.82, 2.24) is 4.90 Å². The third-order valence-corrected chi connectivity index (χ3v) is 5.26. The number of ketones is 1. The zero-order valence-electron chi connectivity index (χ0n) is 12.3. The van der Waals surface area contributed by atoms with Crippen molar-refractivity contribution in [2.45, 2.75) is 32.2 Å². The maximum Gasteiger partial charge on any atom is 0.319 e. The topological polar surface area (TPSA) is 57.6 Å². The van der Waals surface area contributed by atoms with Gasteiger partial charge in [0.15, 0.2) is 5.78 Å². The lowest BCUT2D eigenvalue weighted by molar-refractivity contribution is -0.163. The van der Waals surface area contributed by atoms with Crippen LogP contribution < -0.4 is 0 Å². The molecule has 1 aliphatic rings. The van der Waals surface area contributed by atoms with Crippen LogP contribution in [-0.2, 0) is 16.0 Å². The number of carboxylic acids is 1. The summed E-state index contributed by atoms with van der Waals surface area (Å²) in [5.41, 5.74) is -0.493. The second-order valence-corrected chi connectivity index (χ2v) is 6.48. The molecule has 1 heterocycles. The van der Waals surface area contributed by atoms with Crippen molar-refractivity contribution in [2.75, 3.05) is 13.6 Å². The van der Waals surface area contributed by atoms with Gasteiger partial charge in [0.2, 0.25) is 0 Å². The van der Waals surface area contributed by atoms with Crippen LogP contribution in [0.1, 0.15) is 25.3 Å². The van der Waals surface area contributed by atoms with Gasteiger partial charge in [0.1, 0.15) is 5.41 Å². The van der Waals surface area contributed by atoms with Gasteiger partial charge in [-0.15, -0.1) is 0 Å². The summed E-state index contributed by atoms with van der Waals surface area (Å²) in [5, 5.41) is 9.87. The van der Waals surface area contributed by atoms with E-state index in [-0.39, 0.29) is 18.2 Å². The minimum absolute atomic E-state index is 0.157. The van der Waals surface area contributed by atoms with Gasteiger partial charge < -0.3 is 10.0 Å². The molecule has 1 aliphatic heterocycles. The summed E-state index contributed by atoms with van der Waals surface area (Å²) in [6.07, 6.45) is 1.16. The Morgan fingerprint density at radius 1 is 1.48 bits per heavy atom. The normalized spacial score (nSPS) is 26.8. The predicted octanol–water partition coefficient (Wildman–Crippen LogP) is 2.75. The van der Waals surface area contributed by atoms with E-state index in [1.165, 1.54) is 0 Å². The minimum atomic E-state index is -1.36. The Balaban J connectivity index is 2.50.